The Bertz CT molecular complexity index is 232. The molecule has 0 aromatic heterocycles. The van der Waals surface area contributed by atoms with Gasteiger partial charge in [-0.2, -0.15) is 0 Å². The molecule has 0 amide bonds. The van der Waals surface area contributed by atoms with Gasteiger partial charge in [0.2, 0.25) is 0 Å². The molecule has 0 heterocycles. The van der Waals surface area contributed by atoms with Gasteiger partial charge in [0.1, 0.15) is 0 Å². The van der Waals surface area contributed by atoms with Crippen molar-refractivity contribution in [1.82, 2.24) is 0 Å². The van der Waals surface area contributed by atoms with Crippen molar-refractivity contribution < 1.29 is 14.7 Å². The van der Waals surface area contributed by atoms with Crippen molar-refractivity contribution in [2.24, 2.45) is 0 Å². The third-order valence-electron chi connectivity index (χ3n) is 3.92. The summed E-state index contributed by atoms with van der Waals surface area (Å²) in [4.78, 5) is 0. The first kappa shape index (κ1) is 21.7. The molecule has 0 atom stereocenters. The lowest BCUT2D eigenvalue weighted by Gasteiger charge is -2.02. The van der Waals surface area contributed by atoms with Crippen LogP contribution in [-0.2, 0) is 4.65 Å². The molecular formula is C18H37BO3. The van der Waals surface area contributed by atoms with Crippen LogP contribution in [0.1, 0.15) is 96.8 Å². The van der Waals surface area contributed by atoms with Crippen molar-refractivity contribution in [2.75, 3.05) is 6.61 Å². The third kappa shape index (κ3) is 19.7. The molecule has 22 heavy (non-hydrogen) atoms. The Kier molecular flexibility index (Phi) is 18.5. The Labute approximate surface area is 138 Å². The number of rotatable bonds is 17. The normalized spacial score (nSPS) is 11.4. The molecule has 0 saturated carbocycles. The zero-order chi connectivity index (χ0) is 16.3. The van der Waals surface area contributed by atoms with Crippen LogP contribution in [0.4, 0.5) is 0 Å². The van der Waals surface area contributed by atoms with E-state index in [2.05, 4.69) is 23.7 Å². The van der Waals surface area contributed by atoms with E-state index in [9.17, 15) is 0 Å². The van der Waals surface area contributed by atoms with Gasteiger partial charge in [-0.05, 0) is 32.1 Å². The van der Waals surface area contributed by atoms with E-state index >= 15 is 0 Å². The summed E-state index contributed by atoms with van der Waals surface area (Å²) in [6.07, 6.45) is 22.6. The maximum absolute atomic E-state index is 8.50. The van der Waals surface area contributed by atoms with Gasteiger partial charge in [-0.3, -0.25) is 0 Å². The molecule has 0 radical (unpaired) electrons. The van der Waals surface area contributed by atoms with Gasteiger partial charge in [0, 0.05) is 6.61 Å². The molecule has 3 nitrogen and oxygen atoms in total. The Morgan fingerprint density at radius 1 is 0.682 bits per heavy atom. The molecule has 0 saturated heterocycles. The number of hydrogen-bond donors (Lipinski definition) is 2. The molecule has 0 aromatic carbocycles. The van der Waals surface area contributed by atoms with Gasteiger partial charge >= 0.3 is 7.32 Å². The first-order valence-corrected chi connectivity index (χ1v) is 9.40. The van der Waals surface area contributed by atoms with Crippen LogP contribution in [0, 0.1) is 0 Å². The maximum Gasteiger partial charge on any atom is 0.633 e. The Balaban J connectivity index is 3.05. The molecule has 0 rings (SSSR count). The van der Waals surface area contributed by atoms with Crippen molar-refractivity contribution >= 4 is 7.32 Å². The van der Waals surface area contributed by atoms with Crippen LogP contribution >= 0.6 is 0 Å². The molecular weight excluding hydrogens is 275 g/mol. The maximum atomic E-state index is 8.50. The van der Waals surface area contributed by atoms with E-state index in [1.807, 2.05) is 0 Å². The van der Waals surface area contributed by atoms with Crippen molar-refractivity contribution in [3.05, 3.63) is 12.2 Å². The second-order valence-corrected chi connectivity index (χ2v) is 6.13. The van der Waals surface area contributed by atoms with E-state index in [4.69, 9.17) is 10.0 Å². The monoisotopic (exact) mass is 312 g/mol. The molecule has 2 N–H and O–H groups in total. The average molecular weight is 312 g/mol. The van der Waals surface area contributed by atoms with E-state index in [1.165, 1.54) is 77.0 Å². The minimum absolute atomic E-state index is 0.443. The fraction of sp³-hybridized carbons (Fsp3) is 0.889. The van der Waals surface area contributed by atoms with Crippen LogP contribution in [0.3, 0.4) is 0 Å². The van der Waals surface area contributed by atoms with Gasteiger partial charge in [-0.1, -0.05) is 76.9 Å². The molecule has 0 aliphatic rings. The van der Waals surface area contributed by atoms with Gasteiger partial charge < -0.3 is 14.7 Å². The summed E-state index contributed by atoms with van der Waals surface area (Å²) in [6, 6.07) is 0. The minimum atomic E-state index is -1.61. The van der Waals surface area contributed by atoms with Gasteiger partial charge in [-0.15, -0.1) is 0 Å². The quantitative estimate of drug-likeness (QED) is 0.225. The van der Waals surface area contributed by atoms with Crippen LogP contribution in [0.5, 0.6) is 0 Å². The summed E-state index contributed by atoms with van der Waals surface area (Å²) < 4.78 is 4.66. The van der Waals surface area contributed by atoms with E-state index in [-0.39, 0.29) is 0 Å². The van der Waals surface area contributed by atoms with Crippen molar-refractivity contribution in [3.63, 3.8) is 0 Å². The van der Waals surface area contributed by atoms with Crippen LogP contribution in [-0.4, -0.2) is 24.0 Å². The fourth-order valence-corrected chi connectivity index (χ4v) is 2.54. The Hall–Kier alpha value is -0.315. The Morgan fingerprint density at radius 3 is 1.64 bits per heavy atom. The lowest BCUT2D eigenvalue weighted by molar-refractivity contribution is 0.182. The molecule has 0 fully saturated rings. The minimum Gasteiger partial charge on any atom is -0.402 e. The van der Waals surface area contributed by atoms with Crippen molar-refractivity contribution in [2.45, 2.75) is 96.8 Å². The molecule has 0 aromatic rings. The van der Waals surface area contributed by atoms with E-state index in [0.29, 0.717) is 6.61 Å². The van der Waals surface area contributed by atoms with Gasteiger partial charge in [0.25, 0.3) is 0 Å². The highest BCUT2D eigenvalue weighted by Gasteiger charge is 2.06. The van der Waals surface area contributed by atoms with Crippen molar-refractivity contribution in [1.29, 1.82) is 0 Å². The predicted octanol–water partition coefficient (Wildman–Crippen LogP) is 5.01. The molecule has 0 aliphatic carbocycles. The highest BCUT2D eigenvalue weighted by atomic mass is 16.6. The fourth-order valence-electron chi connectivity index (χ4n) is 2.54. The smallest absolute Gasteiger partial charge is 0.402 e. The Morgan fingerprint density at radius 2 is 1.14 bits per heavy atom. The van der Waals surface area contributed by atoms with Crippen molar-refractivity contribution in [3.8, 4) is 0 Å². The highest BCUT2D eigenvalue weighted by molar-refractivity contribution is 6.32. The number of hydrogen-bond acceptors (Lipinski definition) is 3. The van der Waals surface area contributed by atoms with Crippen LogP contribution in [0.15, 0.2) is 12.2 Å². The average Bonchev–Trinajstić information content (AvgIpc) is 2.50. The molecule has 0 bridgehead atoms. The SMILES string of the molecule is CCCCCCCC/C=C\CCCCCCCCOB(O)O. The largest absolute Gasteiger partial charge is 0.633 e. The third-order valence-corrected chi connectivity index (χ3v) is 3.92. The molecule has 0 spiro atoms. The predicted molar refractivity (Wildman–Crippen MR) is 95.6 cm³/mol. The molecule has 4 heteroatoms. The van der Waals surface area contributed by atoms with Gasteiger partial charge in [0.05, 0.1) is 0 Å². The first-order valence-electron chi connectivity index (χ1n) is 9.40. The number of unbranched alkanes of at least 4 members (excludes halogenated alkanes) is 12. The molecule has 0 aliphatic heterocycles. The number of allylic oxidation sites excluding steroid dienone is 2. The van der Waals surface area contributed by atoms with Crippen LogP contribution in [0.25, 0.3) is 0 Å². The highest BCUT2D eigenvalue weighted by Crippen LogP contribution is 2.09. The summed E-state index contributed by atoms with van der Waals surface area (Å²) in [6.45, 7) is 2.71. The van der Waals surface area contributed by atoms with Gasteiger partial charge in [0.15, 0.2) is 0 Å². The lowest BCUT2D eigenvalue weighted by atomic mass is 10.1. The molecule has 130 valence electrons. The topological polar surface area (TPSA) is 49.7 Å². The van der Waals surface area contributed by atoms with E-state index < -0.39 is 7.32 Å². The summed E-state index contributed by atoms with van der Waals surface area (Å²) in [7, 11) is -1.61. The summed E-state index contributed by atoms with van der Waals surface area (Å²) in [5.74, 6) is 0. The zero-order valence-corrected chi connectivity index (χ0v) is 14.6. The van der Waals surface area contributed by atoms with E-state index in [1.54, 1.807) is 0 Å². The van der Waals surface area contributed by atoms with Gasteiger partial charge in [-0.25, -0.2) is 0 Å². The van der Waals surface area contributed by atoms with E-state index in [0.717, 1.165) is 12.8 Å². The summed E-state index contributed by atoms with van der Waals surface area (Å²) in [5.41, 5.74) is 0. The molecule has 0 unspecified atom stereocenters. The zero-order valence-electron chi connectivity index (χ0n) is 14.6. The summed E-state index contributed by atoms with van der Waals surface area (Å²) >= 11 is 0. The first-order chi connectivity index (χ1) is 10.8. The second kappa shape index (κ2) is 18.7. The second-order valence-electron chi connectivity index (χ2n) is 6.13. The summed E-state index contributed by atoms with van der Waals surface area (Å²) in [5, 5.41) is 17.0. The lowest BCUT2D eigenvalue weighted by Crippen LogP contribution is -2.17. The van der Waals surface area contributed by atoms with Crippen LogP contribution in [0.2, 0.25) is 0 Å². The van der Waals surface area contributed by atoms with Crippen LogP contribution < -0.4 is 0 Å². The standard InChI is InChI=1S/C18H37BO3/c1-2-3-4-5-6-7-8-9-10-11-12-13-14-15-16-17-18-22-19(20)21/h9-10,20-21H,2-8,11-18H2,1H3/b10-9-.